The third-order valence-corrected chi connectivity index (χ3v) is 18.3. The highest BCUT2D eigenvalue weighted by Gasteiger charge is 2.77. The van der Waals surface area contributed by atoms with Crippen LogP contribution in [0.25, 0.3) is 0 Å². The van der Waals surface area contributed by atoms with Crippen molar-refractivity contribution in [2.75, 3.05) is 27.1 Å². The summed E-state index contributed by atoms with van der Waals surface area (Å²) in [5.74, 6) is -1.11. The molecule has 7 aliphatic rings. The lowest BCUT2D eigenvalue weighted by Gasteiger charge is -2.66. The van der Waals surface area contributed by atoms with Gasteiger partial charge < -0.3 is 78.3 Å². The Bertz CT molecular complexity index is 1960. The number of ether oxygens (including phenoxy) is 11. The number of esters is 2. The maximum Gasteiger partial charge on any atom is 0.340 e. The Hall–Kier alpha value is -2.56. The van der Waals surface area contributed by atoms with Crippen molar-refractivity contribution < 1.29 is 82.1 Å². The summed E-state index contributed by atoms with van der Waals surface area (Å²) in [7, 11) is 4.66. The monoisotopic (exact) mass is 978 g/mol. The molecule has 4 saturated carbocycles. The number of hydrogen-bond acceptors (Lipinski definition) is 18. The lowest BCUT2D eigenvalue weighted by molar-refractivity contribution is -0.352. The maximum atomic E-state index is 13.4. The fourth-order valence-corrected chi connectivity index (χ4v) is 14.3. The van der Waals surface area contributed by atoms with Gasteiger partial charge in [-0.05, 0) is 114 Å². The minimum absolute atomic E-state index is 0.0112. The Morgan fingerprint density at radius 1 is 0.739 bits per heavy atom. The zero-order valence-corrected chi connectivity index (χ0v) is 42.0. The summed E-state index contributed by atoms with van der Waals surface area (Å²) < 4.78 is 67.7. The number of fused-ring (bicyclic) bond motifs is 5. The molecule has 69 heavy (non-hydrogen) atoms. The van der Waals surface area contributed by atoms with E-state index in [0.29, 0.717) is 19.3 Å². The van der Waals surface area contributed by atoms with Crippen LogP contribution in [0.3, 0.4) is 0 Å². The minimum Gasteiger partial charge on any atom is -0.462 e. The third kappa shape index (κ3) is 9.28. The minimum atomic E-state index is -1.71. The normalized spacial score (nSPS) is 48.1. The Morgan fingerprint density at radius 3 is 2.00 bits per heavy atom. The summed E-state index contributed by atoms with van der Waals surface area (Å²) in [6.07, 6.45) is -5.35. The molecule has 3 saturated heterocycles. The van der Waals surface area contributed by atoms with Crippen LogP contribution in [0.1, 0.15) is 123 Å². The molecule has 0 amide bonds. The lowest BCUT2D eigenvalue weighted by Crippen LogP contribution is -2.72. The van der Waals surface area contributed by atoms with Crippen LogP contribution in [0.5, 0.6) is 0 Å². The van der Waals surface area contributed by atoms with E-state index in [1.54, 1.807) is 52.3 Å². The largest absolute Gasteiger partial charge is 0.462 e. The molecular weight excluding hydrogens is 899 g/mol. The van der Waals surface area contributed by atoms with Crippen LogP contribution < -0.4 is 5.73 Å². The predicted octanol–water partition coefficient (Wildman–Crippen LogP) is 4.18. The van der Waals surface area contributed by atoms with Crippen molar-refractivity contribution in [1.82, 2.24) is 0 Å². The first-order valence-corrected chi connectivity index (χ1v) is 25.2. The molecule has 3 aliphatic heterocycles. The van der Waals surface area contributed by atoms with E-state index in [1.807, 2.05) is 20.8 Å². The maximum absolute atomic E-state index is 13.4. The van der Waals surface area contributed by atoms with Crippen LogP contribution in [0.2, 0.25) is 0 Å². The summed E-state index contributed by atoms with van der Waals surface area (Å²) in [5, 5.41) is 47.2. The quantitative estimate of drug-likeness (QED) is 0.106. The summed E-state index contributed by atoms with van der Waals surface area (Å²) in [6, 6.07) is 6.61. The van der Waals surface area contributed by atoms with E-state index >= 15 is 0 Å². The molecule has 23 atom stereocenters. The van der Waals surface area contributed by atoms with Gasteiger partial charge in [0.2, 0.25) is 0 Å². The molecule has 8 rings (SSSR count). The number of nitrogen functional groups attached to an aromatic ring is 1. The van der Waals surface area contributed by atoms with Gasteiger partial charge in [0.05, 0.1) is 53.2 Å². The number of benzene rings is 1. The molecule has 1 aromatic carbocycles. The topological polar surface area (TPSA) is 243 Å². The standard InChI is InChI=1S/C51H79NO17/c1-25-41(54)45(61-10)42(55)47(64-25)69-44-27(3)63-40(24-37(44)60-9)68-43-26(2)62-39(23-36(43)59-8)67-31-17-18-48(6)30(21-31)15-16-33-34(48)22-38(66-29(5)53)49(7)50(57,19-20-51(33,49)58)28(4)65-46(56)32-13-11-12-14-35(32)52/h11-14,25-28,30-31,33-34,36-45,47,54-55,57-58H,15-24,52H2,1-10H3/t25-,26-,27-,28?,30+,31+,33-,34+,36+,37-,38-,39+,40+,41-,42-,43+,44+,45-,47+,48+,49-,50-,51+/m1/s1. The number of anilines is 1. The molecule has 3 heterocycles. The molecule has 0 aromatic heterocycles. The highest BCUT2D eigenvalue weighted by molar-refractivity contribution is 5.95. The predicted molar refractivity (Wildman–Crippen MR) is 246 cm³/mol. The fourth-order valence-electron chi connectivity index (χ4n) is 14.3. The van der Waals surface area contributed by atoms with E-state index in [0.717, 1.165) is 32.1 Å². The van der Waals surface area contributed by atoms with E-state index < -0.39 is 115 Å². The van der Waals surface area contributed by atoms with Gasteiger partial charge in [-0.2, -0.15) is 0 Å². The molecule has 0 radical (unpaired) electrons. The molecule has 6 N–H and O–H groups in total. The highest BCUT2D eigenvalue weighted by Crippen LogP contribution is 2.71. The van der Waals surface area contributed by atoms with Crippen molar-refractivity contribution in [3.63, 3.8) is 0 Å². The molecule has 0 bridgehead atoms. The Labute approximate surface area is 406 Å². The average Bonchev–Trinajstić information content (AvgIpc) is 3.53. The number of methoxy groups -OCH3 is 3. The summed E-state index contributed by atoms with van der Waals surface area (Å²) >= 11 is 0. The van der Waals surface area contributed by atoms with Gasteiger partial charge in [0.1, 0.15) is 48.3 Å². The van der Waals surface area contributed by atoms with E-state index in [2.05, 4.69) is 6.92 Å². The first-order valence-electron chi connectivity index (χ1n) is 25.2. The second kappa shape index (κ2) is 20.4. The number of para-hydroxylation sites is 1. The number of carbonyl (C=O) groups excluding carboxylic acids is 2. The van der Waals surface area contributed by atoms with Gasteiger partial charge in [-0.3, -0.25) is 4.79 Å². The van der Waals surface area contributed by atoms with Crippen molar-refractivity contribution in [3.05, 3.63) is 29.8 Å². The summed E-state index contributed by atoms with van der Waals surface area (Å²) in [5.41, 5.74) is 1.87. The zero-order valence-electron chi connectivity index (χ0n) is 42.0. The van der Waals surface area contributed by atoms with Crippen molar-refractivity contribution in [1.29, 1.82) is 0 Å². The summed E-state index contributed by atoms with van der Waals surface area (Å²) in [6.45, 7) is 12.6. The molecule has 1 unspecified atom stereocenters. The van der Waals surface area contributed by atoms with E-state index in [-0.39, 0.29) is 59.5 Å². The Kier molecular flexibility index (Phi) is 15.6. The average molecular weight is 978 g/mol. The smallest absolute Gasteiger partial charge is 0.340 e. The first kappa shape index (κ1) is 52.8. The van der Waals surface area contributed by atoms with Gasteiger partial charge in [-0.25, -0.2) is 4.79 Å². The van der Waals surface area contributed by atoms with Crippen molar-refractivity contribution in [2.24, 2.45) is 28.6 Å². The summed E-state index contributed by atoms with van der Waals surface area (Å²) in [4.78, 5) is 26.3. The molecular formula is C51H79NO17. The van der Waals surface area contributed by atoms with Crippen molar-refractivity contribution in [3.8, 4) is 0 Å². The van der Waals surface area contributed by atoms with Crippen molar-refractivity contribution >= 4 is 17.6 Å². The Morgan fingerprint density at radius 2 is 1.38 bits per heavy atom. The fraction of sp³-hybridized carbons (Fsp3) is 0.843. The van der Waals surface area contributed by atoms with Gasteiger partial charge in [0.25, 0.3) is 0 Å². The molecule has 18 nitrogen and oxygen atoms in total. The van der Waals surface area contributed by atoms with Crippen LogP contribution in [0.4, 0.5) is 5.69 Å². The van der Waals surface area contributed by atoms with Crippen LogP contribution in [-0.4, -0.2) is 163 Å². The number of carbonyl (C=O) groups is 2. The SMILES string of the molecule is CO[C@H]1[C@@H](O)[C@H](O[C@H]2[C@@H](C)O[C@@H](O[C@@H]3[C@@H](OC)C[C@H](O[C@H]4CC[C@@]5(C)[C@@H](CC[C@@H]6[C@@H]5C[C@@H](OC(C)=O)[C@]5(C)[C@](O)(C(C)OC(=O)c7ccccc7N)CC[C@]65O)C4)O[C@@H]3C)C[C@H]2OC)O[C@H](C)[C@H]1O. The first-order chi connectivity index (χ1) is 32.6. The zero-order chi connectivity index (χ0) is 50.0. The molecule has 390 valence electrons. The van der Waals surface area contributed by atoms with Gasteiger partial charge in [-0.1, -0.05) is 26.0 Å². The van der Waals surface area contributed by atoms with Crippen LogP contribution in [0, 0.1) is 28.6 Å². The van der Waals surface area contributed by atoms with Crippen LogP contribution >= 0.6 is 0 Å². The number of hydrogen-bond donors (Lipinski definition) is 5. The Balaban J connectivity index is 0.892. The number of aliphatic hydroxyl groups excluding tert-OH is 2. The molecule has 18 heteroatoms. The van der Waals surface area contributed by atoms with Gasteiger partial charge in [0, 0.05) is 46.8 Å². The van der Waals surface area contributed by atoms with E-state index in [9.17, 15) is 30.0 Å². The van der Waals surface area contributed by atoms with E-state index in [1.165, 1.54) is 14.0 Å². The number of nitrogens with two attached hydrogens (primary N) is 1. The molecule has 1 aromatic rings. The second-order valence-corrected chi connectivity index (χ2v) is 21.7. The third-order valence-electron chi connectivity index (χ3n) is 18.3. The van der Waals surface area contributed by atoms with Crippen LogP contribution in [0.15, 0.2) is 24.3 Å². The van der Waals surface area contributed by atoms with Gasteiger partial charge in [0.15, 0.2) is 18.9 Å². The van der Waals surface area contributed by atoms with E-state index in [4.69, 9.17) is 57.8 Å². The van der Waals surface area contributed by atoms with Gasteiger partial charge >= 0.3 is 11.9 Å². The molecule has 0 spiro atoms. The number of aliphatic hydroxyl groups is 4. The van der Waals surface area contributed by atoms with Gasteiger partial charge in [-0.15, -0.1) is 0 Å². The highest BCUT2D eigenvalue weighted by atomic mass is 16.8. The number of rotatable bonds is 13. The molecule has 7 fully saturated rings. The molecule has 4 aliphatic carbocycles. The van der Waals surface area contributed by atoms with Crippen LogP contribution in [-0.2, 0) is 56.9 Å². The second-order valence-electron chi connectivity index (χ2n) is 21.7. The van der Waals surface area contributed by atoms with Crippen molar-refractivity contribution in [2.45, 2.75) is 222 Å². The lowest BCUT2D eigenvalue weighted by atomic mass is 9.42.